The number of carbonyl (C=O) groups excluding carboxylic acids is 1. The van der Waals surface area contributed by atoms with E-state index in [1.54, 1.807) is 16.2 Å². The summed E-state index contributed by atoms with van der Waals surface area (Å²) >= 11 is 1.61. The second-order valence-electron chi connectivity index (χ2n) is 7.93. The van der Waals surface area contributed by atoms with Gasteiger partial charge in [-0.2, -0.15) is 0 Å². The molecular formula is C27H29N3O2S. The summed E-state index contributed by atoms with van der Waals surface area (Å²) in [6, 6.07) is 21.3. The first kappa shape index (κ1) is 23.0. The van der Waals surface area contributed by atoms with Crippen molar-refractivity contribution in [2.24, 2.45) is 0 Å². The summed E-state index contributed by atoms with van der Waals surface area (Å²) in [7, 11) is 0. The van der Waals surface area contributed by atoms with Crippen molar-refractivity contribution in [2.45, 2.75) is 20.4 Å². The van der Waals surface area contributed by atoms with Crippen LogP contribution < -0.4 is 15.6 Å². The maximum atomic E-state index is 13.6. The van der Waals surface area contributed by atoms with Crippen molar-refractivity contribution < 1.29 is 4.79 Å². The van der Waals surface area contributed by atoms with Crippen LogP contribution in [0.25, 0.3) is 20.2 Å². The Hall–Kier alpha value is -3.22. The first-order valence-corrected chi connectivity index (χ1v) is 12.2. The number of carbonyl (C=O) groups is 1. The Kier molecular flexibility index (Phi) is 7.37. The predicted molar refractivity (Wildman–Crippen MR) is 141 cm³/mol. The number of fused-ring (bicyclic) bond motifs is 2. The third kappa shape index (κ3) is 4.92. The van der Waals surface area contributed by atoms with Crippen LogP contribution in [0, 0.1) is 0 Å². The lowest BCUT2D eigenvalue weighted by Gasteiger charge is -2.21. The Labute approximate surface area is 198 Å². The van der Waals surface area contributed by atoms with Crippen molar-refractivity contribution in [1.29, 1.82) is 0 Å². The van der Waals surface area contributed by atoms with Gasteiger partial charge in [-0.05, 0) is 49.0 Å². The van der Waals surface area contributed by atoms with Gasteiger partial charge in [0.25, 0.3) is 0 Å². The Balaban J connectivity index is 1.78. The summed E-state index contributed by atoms with van der Waals surface area (Å²) in [6.45, 7) is 8.38. The highest BCUT2D eigenvalue weighted by Crippen LogP contribution is 2.33. The van der Waals surface area contributed by atoms with E-state index in [9.17, 15) is 9.59 Å². The number of rotatable bonds is 10. The molecule has 3 aromatic carbocycles. The molecule has 0 atom stereocenters. The number of likely N-dealkylation sites (N-methyl/N-ethyl adjacent to an activating group) is 1. The Morgan fingerprint density at radius 2 is 1.67 bits per heavy atom. The van der Waals surface area contributed by atoms with Crippen LogP contribution in [0.1, 0.15) is 19.4 Å². The van der Waals surface area contributed by atoms with E-state index in [4.69, 9.17) is 0 Å². The molecule has 0 aliphatic carbocycles. The van der Waals surface area contributed by atoms with Crippen LogP contribution in [-0.4, -0.2) is 37.5 Å². The number of amides is 1. The molecule has 1 amide bonds. The van der Waals surface area contributed by atoms with E-state index in [1.807, 2.05) is 66.7 Å². The van der Waals surface area contributed by atoms with E-state index in [-0.39, 0.29) is 5.43 Å². The molecule has 0 bridgehead atoms. The molecule has 6 heteroatoms. The molecule has 0 radical (unpaired) electrons. The first-order valence-electron chi connectivity index (χ1n) is 11.4. The zero-order valence-corrected chi connectivity index (χ0v) is 19.9. The van der Waals surface area contributed by atoms with E-state index in [2.05, 4.69) is 24.1 Å². The monoisotopic (exact) mass is 459 g/mol. The van der Waals surface area contributed by atoms with Crippen molar-refractivity contribution in [3.8, 4) is 0 Å². The summed E-state index contributed by atoms with van der Waals surface area (Å²) < 4.78 is 1.88. The second-order valence-corrected chi connectivity index (χ2v) is 8.98. The van der Waals surface area contributed by atoms with Crippen LogP contribution >= 0.6 is 11.3 Å². The SMILES string of the molecule is CCN(CC)CCNc1ccc(CN(C=O)c2ccccc2)c2sc3ccccc3c(=O)c12. The van der Waals surface area contributed by atoms with Crippen molar-refractivity contribution in [3.63, 3.8) is 0 Å². The topological polar surface area (TPSA) is 52.6 Å². The third-order valence-electron chi connectivity index (χ3n) is 6.00. The Morgan fingerprint density at radius 1 is 0.939 bits per heavy atom. The zero-order chi connectivity index (χ0) is 23.2. The quantitative estimate of drug-likeness (QED) is 0.257. The maximum absolute atomic E-state index is 13.6. The molecule has 4 aromatic rings. The lowest BCUT2D eigenvalue weighted by atomic mass is 10.1. The maximum Gasteiger partial charge on any atom is 0.214 e. The van der Waals surface area contributed by atoms with Crippen LogP contribution in [0.2, 0.25) is 0 Å². The number of nitrogens with one attached hydrogen (secondary N) is 1. The molecule has 170 valence electrons. The minimum atomic E-state index is 0.0314. The van der Waals surface area contributed by atoms with E-state index in [0.717, 1.165) is 64.3 Å². The summed E-state index contributed by atoms with van der Waals surface area (Å²) in [6.07, 6.45) is 0.848. The molecule has 5 nitrogen and oxygen atoms in total. The molecular weight excluding hydrogens is 430 g/mol. The lowest BCUT2D eigenvalue weighted by molar-refractivity contribution is -0.107. The summed E-state index contributed by atoms with van der Waals surface area (Å²) in [4.78, 5) is 29.5. The van der Waals surface area contributed by atoms with Crippen molar-refractivity contribution in [3.05, 3.63) is 82.5 Å². The van der Waals surface area contributed by atoms with Gasteiger partial charge in [0.05, 0.1) is 11.9 Å². The smallest absolute Gasteiger partial charge is 0.214 e. The van der Waals surface area contributed by atoms with Gasteiger partial charge in [0.1, 0.15) is 0 Å². The standard InChI is InChI=1S/C27H29N3O2S/c1-3-29(4-2)17-16-28-23-15-14-20(18-30(19-31)21-10-6-5-7-11-21)27-25(23)26(32)22-12-8-9-13-24(22)33-27/h5-15,19,28H,3-4,16-18H2,1-2H3. The van der Waals surface area contributed by atoms with Crippen LogP contribution in [-0.2, 0) is 11.3 Å². The summed E-state index contributed by atoms with van der Waals surface area (Å²) in [5.74, 6) is 0. The molecule has 33 heavy (non-hydrogen) atoms. The largest absolute Gasteiger partial charge is 0.383 e. The normalized spacial score (nSPS) is 11.2. The van der Waals surface area contributed by atoms with Gasteiger partial charge in [0.2, 0.25) is 6.41 Å². The molecule has 1 N–H and O–H groups in total. The zero-order valence-electron chi connectivity index (χ0n) is 19.1. The molecule has 0 spiro atoms. The van der Waals surface area contributed by atoms with Crippen LogP contribution in [0.5, 0.6) is 0 Å². The number of benzene rings is 3. The van der Waals surface area contributed by atoms with Crippen LogP contribution in [0.4, 0.5) is 11.4 Å². The number of hydrogen-bond donors (Lipinski definition) is 1. The van der Waals surface area contributed by atoms with E-state index in [0.29, 0.717) is 11.9 Å². The van der Waals surface area contributed by atoms with Gasteiger partial charge in [-0.25, -0.2) is 0 Å². The molecule has 0 aliphatic heterocycles. The molecule has 0 saturated heterocycles. The molecule has 1 aromatic heterocycles. The van der Waals surface area contributed by atoms with E-state index >= 15 is 0 Å². The highest BCUT2D eigenvalue weighted by molar-refractivity contribution is 7.24. The Morgan fingerprint density at radius 3 is 2.39 bits per heavy atom. The van der Waals surface area contributed by atoms with Crippen LogP contribution in [0.15, 0.2) is 71.5 Å². The van der Waals surface area contributed by atoms with E-state index in [1.165, 1.54) is 0 Å². The Bertz CT molecular complexity index is 1300. The number of anilines is 2. The summed E-state index contributed by atoms with van der Waals surface area (Å²) in [5.41, 5.74) is 2.67. The van der Waals surface area contributed by atoms with Crippen molar-refractivity contribution >= 4 is 49.3 Å². The molecule has 0 unspecified atom stereocenters. The highest BCUT2D eigenvalue weighted by Gasteiger charge is 2.16. The van der Waals surface area contributed by atoms with Gasteiger partial charge in [-0.1, -0.05) is 50.2 Å². The van der Waals surface area contributed by atoms with Gasteiger partial charge >= 0.3 is 0 Å². The number of nitrogens with zero attached hydrogens (tertiary/aromatic N) is 2. The predicted octanol–water partition coefficient (Wildman–Crippen LogP) is 5.33. The highest BCUT2D eigenvalue weighted by atomic mass is 32.1. The minimum Gasteiger partial charge on any atom is -0.383 e. The third-order valence-corrected chi connectivity index (χ3v) is 7.25. The fourth-order valence-electron chi connectivity index (χ4n) is 4.11. The summed E-state index contributed by atoms with van der Waals surface area (Å²) in [5, 5.41) is 4.93. The first-order chi connectivity index (χ1) is 16.2. The minimum absolute atomic E-state index is 0.0314. The molecule has 0 fully saturated rings. The lowest BCUT2D eigenvalue weighted by Crippen LogP contribution is -2.28. The fourth-order valence-corrected chi connectivity index (χ4v) is 5.31. The van der Waals surface area contributed by atoms with E-state index < -0.39 is 0 Å². The fraction of sp³-hybridized carbons (Fsp3) is 0.259. The van der Waals surface area contributed by atoms with Gasteiger partial charge < -0.3 is 15.1 Å². The molecule has 1 heterocycles. The molecule has 0 aliphatic rings. The average molecular weight is 460 g/mol. The average Bonchev–Trinajstić information content (AvgIpc) is 2.86. The van der Waals surface area contributed by atoms with Crippen molar-refractivity contribution in [1.82, 2.24) is 4.90 Å². The van der Waals surface area contributed by atoms with Gasteiger partial charge in [-0.3, -0.25) is 9.59 Å². The second kappa shape index (κ2) is 10.6. The van der Waals surface area contributed by atoms with Crippen LogP contribution in [0.3, 0.4) is 0 Å². The van der Waals surface area contributed by atoms with Gasteiger partial charge in [0, 0.05) is 39.3 Å². The number of hydrogen-bond acceptors (Lipinski definition) is 5. The van der Waals surface area contributed by atoms with Gasteiger partial charge in [0.15, 0.2) is 5.43 Å². The molecule has 4 rings (SSSR count). The number of para-hydroxylation sites is 1. The van der Waals surface area contributed by atoms with Gasteiger partial charge in [-0.15, -0.1) is 11.3 Å². The van der Waals surface area contributed by atoms with Crippen molar-refractivity contribution in [2.75, 3.05) is 36.4 Å². The molecule has 0 saturated carbocycles.